The van der Waals surface area contributed by atoms with Crippen molar-refractivity contribution in [3.63, 3.8) is 0 Å². The highest BCUT2D eigenvalue weighted by atomic mass is 35.5. The second-order valence-electron chi connectivity index (χ2n) is 4.28. The van der Waals surface area contributed by atoms with Crippen LogP contribution in [0.5, 0.6) is 0 Å². The molecule has 0 aliphatic heterocycles. The quantitative estimate of drug-likeness (QED) is 0.908. The summed E-state index contributed by atoms with van der Waals surface area (Å²) < 4.78 is 0. The lowest BCUT2D eigenvalue weighted by Gasteiger charge is -2.09. The minimum absolute atomic E-state index is 0.251. The van der Waals surface area contributed by atoms with Crippen LogP contribution in [-0.2, 0) is 0 Å². The summed E-state index contributed by atoms with van der Waals surface area (Å²) in [6.07, 6.45) is 0. The summed E-state index contributed by atoms with van der Waals surface area (Å²) in [7, 11) is 0. The van der Waals surface area contributed by atoms with Gasteiger partial charge >= 0.3 is 0 Å². The number of thiazole rings is 1. The molecule has 0 saturated heterocycles. The Morgan fingerprint density at radius 3 is 2.71 bits per heavy atom. The maximum Gasteiger partial charge on any atom is 0.267 e. The molecular weight excluding hydrogens is 310 g/mol. The molecule has 0 atom stereocenters. The third kappa shape index (κ3) is 3.59. The number of nitrogens with one attached hydrogen (secondary N) is 2. The van der Waals surface area contributed by atoms with E-state index in [0.717, 1.165) is 0 Å². The first-order chi connectivity index (χ1) is 10.0. The second-order valence-corrected chi connectivity index (χ2v) is 5.54. The van der Waals surface area contributed by atoms with E-state index in [1.54, 1.807) is 30.6 Å². The highest BCUT2D eigenvalue weighted by Gasteiger charge is 2.14. The molecule has 2 N–H and O–H groups in total. The molecule has 1 aromatic heterocycles. The third-order valence-corrected chi connectivity index (χ3v) is 4.01. The summed E-state index contributed by atoms with van der Waals surface area (Å²) in [6, 6.07) is 4.79. The zero-order chi connectivity index (χ0) is 15.4. The summed E-state index contributed by atoms with van der Waals surface area (Å²) in [5.41, 5.74) is 3.14. The minimum atomic E-state index is -0.271. The van der Waals surface area contributed by atoms with Crippen molar-refractivity contribution < 1.29 is 9.59 Å². The van der Waals surface area contributed by atoms with Crippen LogP contribution in [0.25, 0.3) is 0 Å². The highest BCUT2D eigenvalue weighted by molar-refractivity contribution is 7.12. The summed E-state index contributed by atoms with van der Waals surface area (Å²) >= 11 is 7.28. The van der Waals surface area contributed by atoms with Crippen molar-refractivity contribution in [1.82, 2.24) is 10.3 Å². The number of carbonyl (C=O) groups is 2. The van der Waals surface area contributed by atoms with E-state index in [2.05, 4.69) is 15.6 Å². The number of carbonyl (C=O) groups excluding carboxylic acids is 2. The lowest BCUT2D eigenvalue weighted by molar-refractivity contribution is 0.0954. The lowest BCUT2D eigenvalue weighted by atomic mass is 10.2. The molecule has 0 bridgehead atoms. The zero-order valence-corrected chi connectivity index (χ0v) is 13.1. The summed E-state index contributed by atoms with van der Waals surface area (Å²) in [5, 5.41) is 5.76. The van der Waals surface area contributed by atoms with Crippen molar-refractivity contribution in [2.75, 3.05) is 11.9 Å². The van der Waals surface area contributed by atoms with Crippen LogP contribution in [-0.4, -0.2) is 23.3 Å². The van der Waals surface area contributed by atoms with Crippen molar-refractivity contribution >= 4 is 40.4 Å². The van der Waals surface area contributed by atoms with Crippen molar-refractivity contribution in [2.45, 2.75) is 13.8 Å². The van der Waals surface area contributed by atoms with Crippen LogP contribution in [0.1, 0.15) is 32.6 Å². The number of rotatable bonds is 4. The Labute approximate surface area is 131 Å². The molecule has 0 saturated carbocycles. The molecule has 0 aliphatic rings. The molecule has 7 heteroatoms. The molecule has 21 heavy (non-hydrogen) atoms. The van der Waals surface area contributed by atoms with Crippen molar-refractivity contribution in [2.24, 2.45) is 0 Å². The van der Waals surface area contributed by atoms with Crippen molar-refractivity contribution in [1.29, 1.82) is 0 Å². The number of aryl methyl sites for hydroxylation is 1. The van der Waals surface area contributed by atoms with Crippen molar-refractivity contribution in [3.8, 4) is 0 Å². The van der Waals surface area contributed by atoms with E-state index >= 15 is 0 Å². The molecule has 1 aromatic carbocycles. The Morgan fingerprint density at radius 1 is 1.33 bits per heavy atom. The van der Waals surface area contributed by atoms with Gasteiger partial charge in [0.2, 0.25) is 0 Å². The molecular formula is C14H14ClN3O2S. The molecule has 0 spiro atoms. The highest BCUT2D eigenvalue weighted by Crippen LogP contribution is 2.22. The van der Waals surface area contributed by atoms with Gasteiger partial charge in [0.25, 0.3) is 11.8 Å². The Balaban J connectivity index is 2.21. The number of anilines is 1. The number of aromatic nitrogens is 1. The predicted octanol–water partition coefficient (Wildman–Crippen LogP) is 3.11. The molecule has 2 amide bonds. The number of nitrogens with zero attached hydrogens (tertiary/aromatic N) is 1. The Kier molecular flexibility index (Phi) is 4.93. The maximum atomic E-state index is 12.1. The number of benzene rings is 1. The number of halogens is 1. The first kappa shape index (κ1) is 15.5. The summed E-state index contributed by atoms with van der Waals surface area (Å²) in [5.74, 6) is -0.522. The summed E-state index contributed by atoms with van der Waals surface area (Å²) in [4.78, 5) is 28.6. The first-order valence-electron chi connectivity index (χ1n) is 6.32. The molecule has 110 valence electrons. The van der Waals surface area contributed by atoms with Crippen LogP contribution in [0.3, 0.4) is 0 Å². The van der Waals surface area contributed by atoms with Gasteiger partial charge in [-0.2, -0.15) is 0 Å². The molecule has 0 aliphatic carbocycles. The number of hydrogen-bond acceptors (Lipinski definition) is 4. The van der Waals surface area contributed by atoms with E-state index in [4.69, 9.17) is 11.6 Å². The van der Waals surface area contributed by atoms with Crippen LogP contribution in [0.15, 0.2) is 23.7 Å². The van der Waals surface area contributed by atoms with E-state index in [1.165, 1.54) is 11.3 Å². The Hall–Kier alpha value is -1.92. The zero-order valence-electron chi connectivity index (χ0n) is 11.6. The second kappa shape index (κ2) is 6.69. The van der Waals surface area contributed by atoms with Gasteiger partial charge in [-0.25, -0.2) is 4.98 Å². The van der Waals surface area contributed by atoms with E-state index in [9.17, 15) is 9.59 Å². The third-order valence-electron chi connectivity index (χ3n) is 2.76. The van der Waals surface area contributed by atoms with E-state index < -0.39 is 0 Å². The van der Waals surface area contributed by atoms with E-state index in [-0.39, 0.29) is 11.8 Å². The molecule has 2 rings (SSSR count). The fourth-order valence-electron chi connectivity index (χ4n) is 1.74. The van der Waals surface area contributed by atoms with Crippen LogP contribution >= 0.6 is 22.9 Å². The van der Waals surface area contributed by atoms with Gasteiger partial charge < -0.3 is 10.6 Å². The van der Waals surface area contributed by atoms with Gasteiger partial charge in [0.05, 0.1) is 21.8 Å². The summed E-state index contributed by atoms with van der Waals surface area (Å²) in [6.45, 7) is 4.10. The average molecular weight is 324 g/mol. The average Bonchev–Trinajstić information content (AvgIpc) is 2.87. The Bertz CT molecular complexity index is 685. The molecule has 0 fully saturated rings. The van der Waals surface area contributed by atoms with Gasteiger partial charge in [-0.1, -0.05) is 11.6 Å². The van der Waals surface area contributed by atoms with Crippen LogP contribution < -0.4 is 10.6 Å². The number of hydrogen-bond donors (Lipinski definition) is 2. The van der Waals surface area contributed by atoms with Gasteiger partial charge in [-0.05, 0) is 32.0 Å². The van der Waals surface area contributed by atoms with E-state index in [1.807, 2.05) is 6.92 Å². The predicted molar refractivity (Wildman–Crippen MR) is 84.3 cm³/mol. The SMILES string of the molecule is CCNC(=O)c1cc(NC(=O)c2scnc2C)ccc1Cl. The molecule has 0 unspecified atom stereocenters. The van der Waals surface area contributed by atoms with Gasteiger partial charge in [0.15, 0.2) is 0 Å². The fraction of sp³-hybridized carbons (Fsp3) is 0.214. The van der Waals surface area contributed by atoms with Crippen molar-refractivity contribution in [3.05, 3.63) is 44.9 Å². The topological polar surface area (TPSA) is 71.1 Å². The smallest absolute Gasteiger partial charge is 0.267 e. The monoisotopic (exact) mass is 323 g/mol. The molecule has 0 radical (unpaired) electrons. The van der Waals surface area contributed by atoms with Crippen LogP contribution in [0.2, 0.25) is 5.02 Å². The fourth-order valence-corrected chi connectivity index (χ4v) is 2.64. The van der Waals surface area contributed by atoms with E-state index in [0.29, 0.717) is 33.4 Å². The van der Waals surface area contributed by atoms with Crippen LogP contribution in [0, 0.1) is 6.92 Å². The molecule has 5 nitrogen and oxygen atoms in total. The first-order valence-corrected chi connectivity index (χ1v) is 7.58. The largest absolute Gasteiger partial charge is 0.352 e. The maximum absolute atomic E-state index is 12.1. The normalized spacial score (nSPS) is 10.2. The van der Waals surface area contributed by atoms with Gasteiger partial charge in [0.1, 0.15) is 4.88 Å². The molecule has 2 aromatic rings. The van der Waals surface area contributed by atoms with Crippen LogP contribution in [0.4, 0.5) is 5.69 Å². The van der Waals surface area contributed by atoms with Gasteiger partial charge in [-0.3, -0.25) is 9.59 Å². The molecule has 1 heterocycles. The standard InChI is InChI=1S/C14H14ClN3O2S/c1-3-16-13(19)10-6-9(4-5-11(10)15)18-14(20)12-8(2)17-7-21-12/h4-7H,3H2,1-2H3,(H,16,19)(H,18,20). The van der Waals surface area contributed by atoms with Gasteiger partial charge in [-0.15, -0.1) is 11.3 Å². The Morgan fingerprint density at radius 2 is 2.10 bits per heavy atom. The lowest BCUT2D eigenvalue weighted by Crippen LogP contribution is -2.23. The minimum Gasteiger partial charge on any atom is -0.352 e. The van der Waals surface area contributed by atoms with Gasteiger partial charge in [0, 0.05) is 12.2 Å². The number of amides is 2.